The van der Waals surface area contributed by atoms with Crippen LogP contribution in [0, 0.1) is 0 Å². The molecule has 1 atom stereocenters. The third-order valence-corrected chi connectivity index (χ3v) is 5.80. The Morgan fingerprint density at radius 2 is 1.66 bits per heavy atom. The van der Waals surface area contributed by atoms with Crippen molar-refractivity contribution in [3.05, 3.63) is 83.9 Å². The van der Waals surface area contributed by atoms with Crippen LogP contribution in [0.1, 0.15) is 38.3 Å². The van der Waals surface area contributed by atoms with E-state index in [4.69, 9.17) is 15.2 Å². The lowest BCUT2D eigenvalue weighted by Crippen LogP contribution is -2.45. The van der Waals surface area contributed by atoms with Crippen LogP contribution in [0.5, 0.6) is 5.75 Å². The number of nitrogens with zero attached hydrogens (tertiary/aromatic N) is 1. The Morgan fingerprint density at radius 1 is 0.971 bits per heavy atom. The predicted octanol–water partition coefficient (Wildman–Crippen LogP) is 4.88. The lowest BCUT2D eigenvalue weighted by Gasteiger charge is -2.23. The van der Waals surface area contributed by atoms with Gasteiger partial charge in [0.05, 0.1) is 12.5 Å². The van der Waals surface area contributed by atoms with Gasteiger partial charge < -0.3 is 20.1 Å². The lowest BCUT2D eigenvalue weighted by atomic mass is 10.0. The summed E-state index contributed by atoms with van der Waals surface area (Å²) >= 11 is 0. The van der Waals surface area contributed by atoms with Gasteiger partial charge >= 0.3 is 5.97 Å². The molecule has 1 aliphatic rings. The lowest BCUT2D eigenvalue weighted by molar-refractivity contribution is -0.156. The summed E-state index contributed by atoms with van der Waals surface area (Å²) in [6, 6.07) is 23.4. The number of anilines is 1. The summed E-state index contributed by atoms with van der Waals surface area (Å²) < 4.78 is 11.3. The number of nitrogens with two attached hydrogens (primary N) is 1. The molecule has 3 aromatic rings. The van der Waals surface area contributed by atoms with Crippen molar-refractivity contribution in [2.24, 2.45) is 5.73 Å². The molecule has 0 fully saturated rings. The summed E-state index contributed by atoms with van der Waals surface area (Å²) in [5, 5.41) is 0. The zero-order valence-corrected chi connectivity index (χ0v) is 20.5. The van der Waals surface area contributed by atoms with Crippen LogP contribution >= 0.6 is 0 Å². The van der Waals surface area contributed by atoms with Gasteiger partial charge in [-0.1, -0.05) is 54.6 Å². The SMILES string of the molecule is CC(C)(C)OC(=O)CC(N)C(=O)N1CCc2cc(OCc3ccc(-c4ccccc4)cc3)ccc21. The Hall–Kier alpha value is -3.64. The second kappa shape index (κ2) is 10.3. The number of esters is 1. The Labute approximate surface area is 206 Å². The normalized spacial score (nSPS) is 13.8. The van der Waals surface area contributed by atoms with Crippen LogP contribution in [0.15, 0.2) is 72.8 Å². The van der Waals surface area contributed by atoms with Gasteiger partial charge in [-0.3, -0.25) is 9.59 Å². The molecule has 1 aliphatic heterocycles. The zero-order valence-electron chi connectivity index (χ0n) is 20.5. The maximum absolute atomic E-state index is 12.9. The van der Waals surface area contributed by atoms with Crippen LogP contribution in [0.4, 0.5) is 5.69 Å². The molecule has 0 saturated heterocycles. The summed E-state index contributed by atoms with van der Waals surface area (Å²) in [4.78, 5) is 26.6. The highest BCUT2D eigenvalue weighted by molar-refractivity contribution is 6.00. The second-order valence-corrected chi connectivity index (χ2v) is 9.78. The molecule has 0 spiro atoms. The average Bonchev–Trinajstić information content (AvgIpc) is 3.25. The van der Waals surface area contributed by atoms with Crippen LogP contribution in [0.25, 0.3) is 11.1 Å². The highest BCUT2D eigenvalue weighted by Crippen LogP contribution is 2.32. The van der Waals surface area contributed by atoms with Gasteiger partial charge in [0.25, 0.3) is 0 Å². The van der Waals surface area contributed by atoms with Crippen molar-refractivity contribution in [3.8, 4) is 16.9 Å². The van der Waals surface area contributed by atoms with E-state index in [1.807, 2.05) is 36.4 Å². The molecule has 6 heteroatoms. The van der Waals surface area contributed by atoms with E-state index in [-0.39, 0.29) is 12.3 Å². The molecule has 0 bridgehead atoms. The van der Waals surface area contributed by atoms with Gasteiger partial charge in [0.2, 0.25) is 5.91 Å². The molecule has 4 rings (SSSR count). The first-order valence-corrected chi connectivity index (χ1v) is 11.9. The zero-order chi connectivity index (χ0) is 25.0. The van der Waals surface area contributed by atoms with Crippen LogP contribution in [-0.4, -0.2) is 30.1 Å². The fourth-order valence-corrected chi connectivity index (χ4v) is 4.14. The number of benzene rings is 3. The molecule has 6 nitrogen and oxygen atoms in total. The van der Waals surface area contributed by atoms with E-state index in [0.717, 1.165) is 22.6 Å². The van der Waals surface area contributed by atoms with Crippen molar-refractivity contribution in [1.29, 1.82) is 0 Å². The number of amides is 1. The number of fused-ring (bicyclic) bond motifs is 1. The first-order chi connectivity index (χ1) is 16.7. The molecule has 0 aromatic heterocycles. The van der Waals surface area contributed by atoms with Crippen LogP contribution in [-0.2, 0) is 27.4 Å². The first kappa shape index (κ1) is 24.5. The van der Waals surface area contributed by atoms with Crippen molar-refractivity contribution in [3.63, 3.8) is 0 Å². The summed E-state index contributed by atoms with van der Waals surface area (Å²) in [6.07, 6.45) is 0.565. The molecule has 3 aromatic carbocycles. The maximum atomic E-state index is 12.9. The Balaban J connectivity index is 1.35. The third-order valence-electron chi connectivity index (χ3n) is 5.80. The van der Waals surface area contributed by atoms with Gasteiger partial charge in [-0.25, -0.2) is 0 Å². The van der Waals surface area contributed by atoms with Crippen molar-refractivity contribution in [2.75, 3.05) is 11.4 Å². The topological polar surface area (TPSA) is 81.9 Å². The minimum atomic E-state index is -0.939. The maximum Gasteiger partial charge on any atom is 0.308 e. The molecule has 2 N–H and O–H groups in total. The molecule has 0 aliphatic carbocycles. The molecule has 1 amide bonds. The molecule has 1 unspecified atom stereocenters. The van der Waals surface area contributed by atoms with E-state index in [0.29, 0.717) is 19.6 Å². The molecular formula is C29H32N2O4. The third kappa shape index (κ3) is 6.28. The molecule has 0 saturated carbocycles. The predicted molar refractivity (Wildman–Crippen MR) is 137 cm³/mol. The van der Waals surface area contributed by atoms with Crippen molar-refractivity contribution >= 4 is 17.6 Å². The number of carbonyl (C=O) groups excluding carboxylic acids is 2. The van der Waals surface area contributed by atoms with Gasteiger partial charge in [-0.05, 0) is 67.6 Å². The number of rotatable bonds is 7. The van der Waals surface area contributed by atoms with Crippen molar-refractivity contribution < 1.29 is 19.1 Å². The van der Waals surface area contributed by atoms with Gasteiger partial charge in [0.15, 0.2) is 0 Å². The smallest absolute Gasteiger partial charge is 0.308 e. The minimum Gasteiger partial charge on any atom is -0.489 e. The first-order valence-electron chi connectivity index (χ1n) is 11.9. The summed E-state index contributed by atoms with van der Waals surface area (Å²) in [7, 11) is 0. The van der Waals surface area contributed by atoms with E-state index >= 15 is 0 Å². The van der Waals surface area contributed by atoms with Gasteiger partial charge in [-0.15, -0.1) is 0 Å². The largest absolute Gasteiger partial charge is 0.489 e. The minimum absolute atomic E-state index is 0.147. The summed E-state index contributed by atoms with van der Waals surface area (Å²) in [6.45, 7) is 6.34. The molecule has 35 heavy (non-hydrogen) atoms. The molecular weight excluding hydrogens is 440 g/mol. The average molecular weight is 473 g/mol. The Morgan fingerprint density at radius 3 is 2.34 bits per heavy atom. The van der Waals surface area contributed by atoms with Gasteiger partial charge in [-0.2, -0.15) is 0 Å². The van der Waals surface area contributed by atoms with Crippen LogP contribution < -0.4 is 15.4 Å². The van der Waals surface area contributed by atoms with Crippen LogP contribution in [0.2, 0.25) is 0 Å². The van der Waals surface area contributed by atoms with E-state index < -0.39 is 17.6 Å². The molecule has 1 heterocycles. The fourth-order valence-electron chi connectivity index (χ4n) is 4.14. The number of ether oxygens (including phenoxy) is 2. The summed E-state index contributed by atoms with van der Waals surface area (Å²) in [5.74, 6) is 0.00309. The van der Waals surface area contributed by atoms with Crippen LogP contribution in [0.3, 0.4) is 0 Å². The second-order valence-electron chi connectivity index (χ2n) is 9.78. The van der Waals surface area contributed by atoms with Gasteiger partial charge in [0.1, 0.15) is 18.0 Å². The van der Waals surface area contributed by atoms with Crippen molar-refractivity contribution in [2.45, 2.75) is 51.9 Å². The highest BCUT2D eigenvalue weighted by atomic mass is 16.6. The van der Waals surface area contributed by atoms with E-state index in [9.17, 15) is 9.59 Å². The van der Waals surface area contributed by atoms with E-state index in [2.05, 4.69) is 36.4 Å². The van der Waals surface area contributed by atoms with Gasteiger partial charge in [0, 0.05) is 12.2 Å². The van der Waals surface area contributed by atoms with Crippen molar-refractivity contribution in [1.82, 2.24) is 0 Å². The number of hydrogen-bond donors (Lipinski definition) is 1. The quantitative estimate of drug-likeness (QED) is 0.496. The van der Waals surface area contributed by atoms with E-state index in [1.54, 1.807) is 25.7 Å². The van der Waals surface area contributed by atoms with E-state index in [1.165, 1.54) is 11.1 Å². The Bertz CT molecular complexity index is 1180. The number of hydrogen-bond acceptors (Lipinski definition) is 5. The fraction of sp³-hybridized carbons (Fsp3) is 0.310. The Kier molecular flexibility index (Phi) is 7.22. The molecule has 182 valence electrons. The summed E-state index contributed by atoms with van der Waals surface area (Å²) in [5.41, 5.74) is 10.7. The molecule has 0 radical (unpaired) electrons. The number of carbonyl (C=O) groups is 2. The monoisotopic (exact) mass is 472 g/mol. The standard InChI is InChI=1S/C29H32N2O4/c1-29(2,3)35-27(32)18-25(30)28(33)31-16-15-23-17-24(13-14-26(23)31)34-19-20-9-11-22(12-10-20)21-7-5-4-6-8-21/h4-14,17,25H,15-16,18-19,30H2,1-3H3. The highest BCUT2D eigenvalue weighted by Gasteiger charge is 2.31.